The molecule has 0 fully saturated rings. The number of phenolic OH excluding ortho intramolecular Hbond substituents is 1. The molecule has 0 radical (unpaired) electrons. The van der Waals surface area contributed by atoms with E-state index in [1.807, 2.05) is 0 Å². The van der Waals surface area contributed by atoms with E-state index >= 15 is 0 Å². The lowest BCUT2D eigenvalue weighted by atomic mass is 10.0. The van der Waals surface area contributed by atoms with Crippen LogP contribution in [0, 0.1) is 20.8 Å². The number of benzene rings is 2. The second-order valence-corrected chi connectivity index (χ2v) is 12.1. The van der Waals surface area contributed by atoms with E-state index in [4.69, 9.17) is 0 Å². The Labute approximate surface area is 220 Å². The third-order valence-corrected chi connectivity index (χ3v) is 8.93. The maximum Gasteiger partial charge on any atom is 0.247 e. The highest BCUT2D eigenvalue weighted by molar-refractivity contribution is 7.92. The van der Waals surface area contributed by atoms with Gasteiger partial charge in [-0.2, -0.15) is 0 Å². The first kappa shape index (κ1) is 30.7. The van der Waals surface area contributed by atoms with Crippen LogP contribution >= 0.6 is 0 Å². The summed E-state index contributed by atoms with van der Waals surface area (Å²) in [4.78, 5) is 13.3. The molecule has 0 aliphatic rings. The molecule has 5 nitrogen and oxygen atoms in total. The number of hydrogen-bond donors (Lipinski definition) is 2. The summed E-state index contributed by atoms with van der Waals surface area (Å²) >= 11 is 0. The number of halogens is 2. The molecule has 0 saturated heterocycles. The van der Waals surface area contributed by atoms with Gasteiger partial charge in [0.05, 0.1) is 5.75 Å². The minimum Gasteiger partial charge on any atom is -0.507 e. The maximum absolute atomic E-state index is 13.4. The fraction of sp³-hybridized carbons (Fsp3) is 0.552. The fourth-order valence-electron chi connectivity index (χ4n) is 4.50. The van der Waals surface area contributed by atoms with Gasteiger partial charge in [0, 0.05) is 12.1 Å². The summed E-state index contributed by atoms with van der Waals surface area (Å²) < 4.78 is 51.0. The molecule has 206 valence electrons. The molecule has 1 amide bonds. The predicted molar refractivity (Wildman–Crippen MR) is 146 cm³/mol. The van der Waals surface area contributed by atoms with Crippen molar-refractivity contribution in [3.8, 4) is 5.75 Å². The van der Waals surface area contributed by atoms with Crippen molar-refractivity contribution in [1.82, 2.24) is 0 Å². The van der Waals surface area contributed by atoms with Crippen LogP contribution in [0.2, 0.25) is 0 Å². The number of unbranched alkanes of at least 4 members (excludes halogenated alkanes) is 8. The van der Waals surface area contributed by atoms with Crippen molar-refractivity contribution >= 4 is 21.4 Å². The molecule has 0 aromatic heterocycles. The summed E-state index contributed by atoms with van der Waals surface area (Å²) in [5.41, 5.74) is 2.85. The van der Waals surface area contributed by atoms with Crippen LogP contribution in [0.4, 0.5) is 14.5 Å². The average molecular weight is 538 g/mol. The third kappa shape index (κ3) is 9.72. The summed E-state index contributed by atoms with van der Waals surface area (Å²) in [7, 11) is -3.77. The topological polar surface area (TPSA) is 83.5 Å². The molecule has 0 spiro atoms. The van der Waals surface area contributed by atoms with E-state index in [0.717, 1.165) is 44.9 Å². The van der Waals surface area contributed by atoms with Gasteiger partial charge in [-0.15, -0.1) is 0 Å². The van der Waals surface area contributed by atoms with Crippen molar-refractivity contribution < 1.29 is 27.1 Å². The second kappa shape index (κ2) is 15.1. The van der Waals surface area contributed by atoms with E-state index in [-0.39, 0.29) is 17.9 Å². The van der Waals surface area contributed by atoms with Crippen LogP contribution in [0.15, 0.2) is 36.4 Å². The van der Waals surface area contributed by atoms with Gasteiger partial charge in [-0.05, 0) is 61.9 Å². The number of nitrogens with one attached hydrogen (secondary N) is 1. The number of aryl methyl sites for hydroxylation is 1. The molecule has 2 N–H and O–H groups in total. The zero-order chi connectivity index (χ0) is 27.4. The van der Waals surface area contributed by atoms with Gasteiger partial charge in [0.25, 0.3) is 0 Å². The fourth-order valence-corrected chi connectivity index (χ4v) is 6.30. The molecule has 2 aromatic rings. The van der Waals surface area contributed by atoms with E-state index in [1.165, 1.54) is 0 Å². The van der Waals surface area contributed by atoms with Gasteiger partial charge in [0.2, 0.25) is 12.3 Å². The van der Waals surface area contributed by atoms with Crippen LogP contribution in [0.25, 0.3) is 0 Å². The highest BCUT2D eigenvalue weighted by Gasteiger charge is 2.34. The smallest absolute Gasteiger partial charge is 0.247 e. The number of alkyl halides is 2. The van der Waals surface area contributed by atoms with Gasteiger partial charge in [-0.1, -0.05) is 75.3 Å². The number of aromatic hydroxyl groups is 1. The first-order chi connectivity index (χ1) is 17.5. The number of anilines is 1. The second-order valence-electron chi connectivity index (χ2n) is 9.85. The van der Waals surface area contributed by atoms with Crippen LogP contribution < -0.4 is 5.32 Å². The zero-order valence-electron chi connectivity index (χ0n) is 22.2. The molecule has 0 bridgehead atoms. The van der Waals surface area contributed by atoms with Gasteiger partial charge in [0.15, 0.2) is 15.1 Å². The number of amides is 1. The summed E-state index contributed by atoms with van der Waals surface area (Å²) in [6.07, 6.45) is 5.25. The first-order valence-corrected chi connectivity index (χ1v) is 14.9. The number of phenols is 1. The van der Waals surface area contributed by atoms with Crippen molar-refractivity contribution in [3.63, 3.8) is 0 Å². The summed E-state index contributed by atoms with van der Waals surface area (Å²) in [6, 6.07) is 10.2. The molecule has 0 heterocycles. The Bertz CT molecular complexity index is 1100. The molecule has 2 aromatic carbocycles. The zero-order valence-corrected chi connectivity index (χ0v) is 23.0. The van der Waals surface area contributed by atoms with Crippen LogP contribution in [0.5, 0.6) is 5.75 Å². The van der Waals surface area contributed by atoms with E-state index < -0.39 is 27.4 Å². The number of carbonyl (C=O) groups is 1. The summed E-state index contributed by atoms with van der Waals surface area (Å²) in [5.74, 6) is -0.527. The van der Waals surface area contributed by atoms with Gasteiger partial charge in [0.1, 0.15) is 5.75 Å². The molecule has 1 unspecified atom stereocenters. The Morgan fingerprint density at radius 1 is 0.865 bits per heavy atom. The molecule has 0 aliphatic carbocycles. The largest absolute Gasteiger partial charge is 0.507 e. The quantitative estimate of drug-likeness (QED) is 0.171. The number of carbonyl (C=O) groups excluding carboxylic acids is 1. The molecular formula is C29H41F2NO4S. The summed E-state index contributed by atoms with van der Waals surface area (Å²) in [6.45, 7) is 5.27. The molecule has 1 atom stereocenters. The van der Waals surface area contributed by atoms with Crippen molar-refractivity contribution in [2.45, 2.75) is 96.7 Å². The Kier molecular flexibility index (Phi) is 12.5. The molecule has 2 rings (SSSR count). The Hall–Kier alpha value is -2.48. The molecule has 0 aliphatic heterocycles. The minimum absolute atomic E-state index is 0.0235. The standard InChI is InChI=1S/C29H41F2NO4S/c1-21-20-25(22(2)23(3)27(21)33)32-29(34)28(24-16-12-11-13-17-24)37(35,36)19-15-10-8-6-4-5-7-9-14-18-26(30)31/h11-13,16-17,20,26,28,33H,4-10,14-15,18-19H2,1-3H3,(H,32,34). The molecule has 0 saturated carbocycles. The van der Waals surface area contributed by atoms with Crippen molar-refractivity contribution in [3.05, 3.63) is 58.7 Å². The lowest BCUT2D eigenvalue weighted by Gasteiger charge is -2.20. The predicted octanol–water partition coefficient (Wildman–Crippen LogP) is 7.58. The van der Waals surface area contributed by atoms with Gasteiger partial charge < -0.3 is 10.4 Å². The molecule has 8 heteroatoms. The number of hydrogen-bond acceptors (Lipinski definition) is 4. The van der Waals surface area contributed by atoms with Gasteiger partial charge in [-0.25, -0.2) is 17.2 Å². The molecule has 37 heavy (non-hydrogen) atoms. The lowest BCUT2D eigenvalue weighted by molar-refractivity contribution is -0.115. The monoisotopic (exact) mass is 537 g/mol. The Morgan fingerprint density at radius 3 is 1.97 bits per heavy atom. The van der Waals surface area contributed by atoms with Crippen LogP contribution in [-0.4, -0.2) is 31.6 Å². The first-order valence-electron chi connectivity index (χ1n) is 13.2. The van der Waals surface area contributed by atoms with Crippen molar-refractivity contribution in [2.75, 3.05) is 11.1 Å². The van der Waals surface area contributed by atoms with E-state index in [9.17, 15) is 27.1 Å². The number of rotatable bonds is 16. The Balaban J connectivity index is 1.94. The van der Waals surface area contributed by atoms with Crippen LogP contribution in [-0.2, 0) is 14.6 Å². The van der Waals surface area contributed by atoms with E-state index in [1.54, 1.807) is 57.2 Å². The Morgan fingerprint density at radius 2 is 1.41 bits per heavy atom. The maximum atomic E-state index is 13.4. The summed E-state index contributed by atoms with van der Waals surface area (Å²) in [5, 5.41) is 11.6. The van der Waals surface area contributed by atoms with Crippen molar-refractivity contribution in [2.24, 2.45) is 0 Å². The highest BCUT2D eigenvalue weighted by Crippen LogP contribution is 2.32. The molecular weight excluding hydrogens is 496 g/mol. The highest BCUT2D eigenvalue weighted by atomic mass is 32.2. The van der Waals surface area contributed by atoms with Crippen molar-refractivity contribution in [1.29, 1.82) is 0 Å². The van der Waals surface area contributed by atoms with E-state index in [0.29, 0.717) is 40.8 Å². The van der Waals surface area contributed by atoms with Gasteiger partial charge >= 0.3 is 0 Å². The third-order valence-electron chi connectivity index (χ3n) is 6.86. The number of sulfone groups is 1. The minimum atomic E-state index is -3.77. The van der Waals surface area contributed by atoms with Crippen LogP contribution in [0.3, 0.4) is 0 Å². The lowest BCUT2D eigenvalue weighted by Crippen LogP contribution is -2.30. The van der Waals surface area contributed by atoms with Crippen LogP contribution in [0.1, 0.15) is 91.7 Å². The van der Waals surface area contributed by atoms with Gasteiger partial charge in [-0.3, -0.25) is 4.79 Å². The normalized spacial score (nSPS) is 12.6. The van der Waals surface area contributed by atoms with E-state index in [2.05, 4.69) is 5.32 Å². The SMILES string of the molecule is Cc1cc(NC(=O)C(c2ccccc2)S(=O)(=O)CCCCCCCCCCCC(F)F)c(C)c(C)c1O. The average Bonchev–Trinajstić information content (AvgIpc) is 2.85.